The second-order valence-electron chi connectivity index (χ2n) is 0.816. The minimum atomic E-state index is -5.17. The number of halogens is 2. The van der Waals surface area contributed by atoms with E-state index in [2.05, 4.69) is 0 Å². The molecule has 0 saturated heterocycles. The Morgan fingerprint density at radius 2 is 0.667 bits per heavy atom. The molecule has 0 aromatic heterocycles. The molecule has 0 fully saturated rings. The van der Waals surface area contributed by atoms with E-state index in [1.807, 2.05) is 0 Å². The second-order valence-corrected chi connectivity index (χ2v) is 2.45. The number of hydrogen-bond donors (Lipinski definition) is 0. The number of rotatable bonds is 0. The topological polar surface area (TPSA) is 161 Å². The van der Waals surface area contributed by atoms with Gasteiger partial charge in [-0.15, -0.1) is 0 Å². The Hall–Kier alpha value is 1.84. The third-order valence-electron chi connectivity index (χ3n) is 0. The van der Waals surface area contributed by atoms with Crippen molar-refractivity contribution in [2.75, 3.05) is 0 Å². The van der Waals surface area contributed by atoms with Crippen LogP contribution in [0.1, 0.15) is 0 Å². The van der Waals surface area contributed by atoms with Gasteiger partial charge in [0, 0.05) is 20.8 Å². The van der Waals surface area contributed by atoms with Crippen LogP contribution in [0.3, 0.4) is 0 Å². The first kappa shape index (κ1) is 43.6. The molecule has 0 aromatic carbocycles. The molecule has 0 aliphatic rings. The summed E-state index contributed by atoms with van der Waals surface area (Å²) in [7, 11) is -10.3. The fourth-order valence-electron chi connectivity index (χ4n) is 0. The third-order valence-corrected chi connectivity index (χ3v) is 0. The predicted molar refractivity (Wildman–Crippen MR) is 20.9 cm³/mol. The molecular formula is Cl2CoCuNiO8S2. The van der Waals surface area contributed by atoms with Crippen LogP contribution in [-0.4, -0.2) is 35.0 Å². The van der Waals surface area contributed by atoms with Gasteiger partial charge >= 0.3 is 50.3 Å². The average Bonchev–Trinajstić information content (AvgIpc) is 1.12. The smallest absolute Gasteiger partial charge is 1.00 e. The summed E-state index contributed by atoms with van der Waals surface area (Å²) in [4.78, 5) is 0. The summed E-state index contributed by atoms with van der Waals surface area (Å²) in [6, 6.07) is 0. The Morgan fingerprint density at radius 3 is 0.667 bits per heavy atom. The molecule has 8 nitrogen and oxygen atoms in total. The van der Waals surface area contributed by atoms with Crippen LogP contribution in [0.4, 0.5) is 0 Å². The van der Waals surface area contributed by atoms with Crippen LogP contribution in [0.5, 0.6) is 0 Å². The third kappa shape index (κ3) is 897. The fraction of sp³-hybridized carbons (Fsp3) is 0. The molecule has 0 aliphatic carbocycles. The quantitative estimate of drug-likeness (QED) is 0.202. The molecule has 0 spiro atoms. The first-order valence-corrected chi connectivity index (χ1v) is 4.00. The van der Waals surface area contributed by atoms with E-state index >= 15 is 0 Å². The molecule has 104 valence electrons. The first-order chi connectivity index (χ1) is 4.00. The summed E-state index contributed by atoms with van der Waals surface area (Å²) in [5.74, 6) is 0. The van der Waals surface area contributed by atoms with Crippen molar-refractivity contribution in [1.82, 2.24) is 0 Å². The molecule has 0 amide bonds. The Morgan fingerprint density at radius 1 is 0.667 bits per heavy atom. The van der Waals surface area contributed by atoms with Gasteiger partial charge in [0.05, 0.1) is 0 Å². The average molecular weight is 444 g/mol. The minimum Gasteiger partial charge on any atom is -1.00 e. The van der Waals surface area contributed by atoms with Crippen molar-refractivity contribution in [2.45, 2.75) is 0 Å². The molecule has 0 aromatic rings. The first-order valence-electron chi connectivity index (χ1n) is 1.33. The van der Waals surface area contributed by atoms with Crippen molar-refractivity contribution in [3.63, 3.8) is 0 Å². The molecule has 0 unspecified atom stereocenters. The molecule has 0 rings (SSSR count). The summed E-state index contributed by atoms with van der Waals surface area (Å²) < 4.78 is 68.2. The molecule has 15 heteroatoms. The molecule has 0 bridgehead atoms. The molecule has 0 N–H and O–H groups in total. The van der Waals surface area contributed by atoms with E-state index in [-0.39, 0.29) is 75.2 Å². The second kappa shape index (κ2) is 18.2. The van der Waals surface area contributed by atoms with Crippen LogP contribution in [-0.2, 0) is 71.1 Å². The van der Waals surface area contributed by atoms with Crippen LogP contribution in [0, 0.1) is 0 Å². The van der Waals surface area contributed by atoms with Crippen LogP contribution in [0.2, 0.25) is 0 Å². The SMILES string of the molecule is O=S(=O)([O-])[O-].O=S(=O)([O-])[O-].[Cl-].[Cl-].[Co+2].[Cu+2].[Ni+2]. The van der Waals surface area contributed by atoms with Crippen molar-refractivity contribution >= 4 is 20.8 Å². The van der Waals surface area contributed by atoms with Crippen molar-refractivity contribution in [2.24, 2.45) is 0 Å². The van der Waals surface area contributed by atoms with Crippen molar-refractivity contribution in [3.8, 4) is 0 Å². The van der Waals surface area contributed by atoms with Crippen molar-refractivity contribution in [3.05, 3.63) is 0 Å². The molecule has 0 atom stereocenters. The van der Waals surface area contributed by atoms with Gasteiger partial charge in [0.25, 0.3) is 0 Å². The minimum absolute atomic E-state index is 0. The molecule has 0 aliphatic heterocycles. The van der Waals surface area contributed by atoms with E-state index in [9.17, 15) is 0 Å². The van der Waals surface area contributed by atoms with Crippen molar-refractivity contribution in [1.29, 1.82) is 0 Å². The van der Waals surface area contributed by atoms with E-state index < -0.39 is 20.8 Å². The van der Waals surface area contributed by atoms with Gasteiger partial charge in [-0.25, -0.2) is 0 Å². The Bertz CT molecular complexity index is 227. The summed E-state index contributed by atoms with van der Waals surface area (Å²) in [5, 5.41) is 0. The summed E-state index contributed by atoms with van der Waals surface area (Å²) in [6.45, 7) is 0. The summed E-state index contributed by atoms with van der Waals surface area (Å²) in [6.07, 6.45) is 0. The fourth-order valence-corrected chi connectivity index (χ4v) is 0. The molecular weight excluding hydrogens is 444 g/mol. The monoisotopic (exact) mass is 442 g/mol. The maximum Gasteiger partial charge on any atom is 2.00 e. The van der Waals surface area contributed by atoms with Gasteiger partial charge in [0.1, 0.15) is 0 Å². The molecule has 0 saturated carbocycles. The van der Waals surface area contributed by atoms with Crippen LogP contribution in [0.15, 0.2) is 0 Å². The summed E-state index contributed by atoms with van der Waals surface area (Å²) >= 11 is 0. The normalized spacial score (nSPS) is 7.73. The van der Waals surface area contributed by atoms with Gasteiger partial charge in [-0.2, -0.15) is 0 Å². The zero-order valence-electron chi connectivity index (χ0n) is 5.79. The summed E-state index contributed by atoms with van der Waals surface area (Å²) in [5.41, 5.74) is 0. The Kier molecular flexibility index (Phi) is 53.0. The van der Waals surface area contributed by atoms with E-state index in [0.717, 1.165) is 0 Å². The van der Waals surface area contributed by atoms with Gasteiger partial charge in [0.15, 0.2) is 0 Å². The van der Waals surface area contributed by atoms with Crippen molar-refractivity contribution < 1.29 is 110 Å². The van der Waals surface area contributed by atoms with Gasteiger partial charge in [0.2, 0.25) is 0 Å². The van der Waals surface area contributed by atoms with Crippen LogP contribution < -0.4 is 24.8 Å². The van der Waals surface area contributed by atoms with Gasteiger partial charge < -0.3 is 43.0 Å². The van der Waals surface area contributed by atoms with E-state index in [0.29, 0.717) is 0 Å². The maximum absolute atomic E-state index is 8.52. The Labute approximate surface area is 130 Å². The van der Waals surface area contributed by atoms with Crippen LogP contribution >= 0.6 is 0 Å². The predicted octanol–water partition coefficient (Wildman–Crippen LogP) is -8.68. The van der Waals surface area contributed by atoms with E-state index in [1.165, 1.54) is 0 Å². The molecule has 0 heterocycles. The standard InChI is InChI=1S/2ClH.Co.Cu.Ni.2H2O4S/c;;;;;2*1-5(2,3)4/h2*1H;;;;2*(H2,1,2,3,4)/q;;3*+2;;/p-6. The zero-order valence-corrected chi connectivity index (χ0v) is 11.9. The Balaban J connectivity index is -0.0000000128. The number of hydrogen-bond acceptors (Lipinski definition) is 8. The largest absolute Gasteiger partial charge is 2.00 e. The molecule has 15 heavy (non-hydrogen) atoms. The van der Waals surface area contributed by atoms with Gasteiger partial charge in [-0.1, -0.05) is 0 Å². The van der Waals surface area contributed by atoms with Gasteiger partial charge in [-0.3, -0.25) is 16.8 Å². The zero-order chi connectivity index (χ0) is 9.00. The van der Waals surface area contributed by atoms with E-state index in [4.69, 9.17) is 35.0 Å². The van der Waals surface area contributed by atoms with Crippen LogP contribution in [0.25, 0.3) is 0 Å². The van der Waals surface area contributed by atoms with E-state index in [1.54, 1.807) is 0 Å². The maximum atomic E-state index is 8.52. The molecule has 2 radical (unpaired) electrons. The van der Waals surface area contributed by atoms with Gasteiger partial charge in [-0.05, 0) is 0 Å².